The number of benzene rings is 16. The van der Waals surface area contributed by atoms with Gasteiger partial charge in [-0.25, -0.2) is 0 Å². The molecule has 0 atom stereocenters. The monoisotopic (exact) mass is 1460 g/mol. The Kier molecular flexibility index (Phi) is 16.7. The van der Waals surface area contributed by atoms with Crippen LogP contribution in [-0.4, -0.2) is 47.3 Å². The van der Waals surface area contributed by atoms with Gasteiger partial charge in [-0.2, -0.15) is 0 Å². The molecule has 0 spiro atoms. The van der Waals surface area contributed by atoms with Crippen LogP contribution in [0, 0.1) is 0 Å². The van der Waals surface area contributed by atoms with Gasteiger partial charge in [0.05, 0.1) is 56.9 Å². The standard InChI is InChI=1S/C44H30N2.2C30H20N4/c1-3-11-31(12-4-1)35-17-7-19-37(27-35)45-39-25-23-34-16-10-22-44(42(34)29-39)46(40-26-24-33-15-9-21-43(45)41(33)30-40)38-20-8-18-36(28-38)32-13-5-2-6-14-32;1-5-21-11-13-24-17-27(21)29(9-1)33(25-7-3-15-31-19-25)23-14-12-22-6-2-10-30(28(22)18-23)34(24)26-8-4-16-32-20-26;1-3-21-7-9-26-19-27(21)29(5-1)33(23-11-15-31-16-12-23)25-10-8-22-4-2-6-30(28(22)20-25)34(26)24-13-17-32-18-14-24/h1-30H;2*1-20H. The maximum absolute atomic E-state index is 4.42. The Hall–Kier alpha value is -15.5. The number of aromatic nitrogens is 10. The summed E-state index contributed by atoms with van der Waals surface area (Å²) in [5, 5.41) is 14.3. The molecule has 23 aromatic rings. The summed E-state index contributed by atoms with van der Waals surface area (Å²) >= 11 is 0. The fraction of sp³-hybridized carbons (Fsp3) is 0. The minimum atomic E-state index is 1.03. The molecule has 16 aromatic carbocycles. The number of rotatable bonds is 8. The maximum Gasteiger partial charge on any atom is 0.0645 e. The van der Waals surface area contributed by atoms with Crippen LogP contribution in [0.15, 0.2) is 426 Å². The zero-order valence-corrected chi connectivity index (χ0v) is 61.9. The number of nitrogens with zero attached hydrogens (tertiary/aromatic N) is 10. The first-order chi connectivity index (χ1) is 56.5. The molecule has 7 heterocycles. The molecule has 10 nitrogen and oxygen atoms in total. The maximum atomic E-state index is 4.42. The lowest BCUT2D eigenvalue weighted by Gasteiger charge is -2.19. The molecule has 12 bridgehead atoms. The van der Waals surface area contributed by atoms with Gasteiger partial charge in [0.1, 0.15) is 0 Å². The van der Waals surface area contributed by atoms with E-state index in [0.717, 1.165) is 100 Å². The van der Waals surface area contributed by atoms with Crippen LogP contribution in [0.25, 0.3) is 187 Å². The smallest absolute Gasteiger partial charge is 0.0645 e. The fourth-order valence-corrected chi connectivity index (χ4v) is 16.9. The third-order valence-electron chi connectivity index (χ3n) is 22.1. The van der Waals surface area contributed by atoms with Gasteiger partial charge in [-0.1, -0.05) is 194 Å². The summed E-state index contributed by atoms with van der Waals surface area (Å²) in [7, 11) is 0. The predicted molar refractivity (Wildman–Crippen MR) is 474 cm³/mol. The van der Waals surface area contributed by atoms with E-state index in [1.807, 2.05) is 61.7 Å². The Morgan fingerprint density at radius 3 is 0.667 bits per heavy atom. The normalized spacial score (nSPS) is 11.5. The molecule has 0 saturated heterocycles. The van der Waals surface area contributed by atoms with Gasteiger partial charge < -0.3 is 27.4 Å². The van der Waals surface area contributed by atoms with E-state index in [4.69, 9.17) is 0 Å². The van der Waals surface area contributed by atoms with E-state index in [-0.39, 0.29) is 0 Å². The number of hydrogen-bond acceptors (Lipinski definition) is 4. The van der Waals surface area contributed by atoms with Crippen molar-refractivity contribution in [3.8, 4) is 56.4 Å². The zero-order valence-electron chi connectivity index (χ0n) is 61.9. The molecule has 0 aliphatic carbocycles. The van der Waals surface area contributed by atoms with Gasteiger partial charge in [-0.05, 0) is 237 Å². The minimum Gasteiger partial charge on any atom is -0.310 e. The molecule has 10 heteroatoms. The fourth-order valence-electron chi connectivity index (χ4n) is 16.9. The largest absolute Gasteiger partial charge is 0.310 e. The van der Waals surface area contributed by atoms with Gasteiger partial charge in [-0.3, -0.25) is 19.9 Å². The molecular formula is C104H70N10. The molecule has 0 fully saturated rings. The lowest BCUT2D eigenvalue weighted by molar-refractivity contribution is 1.12. The molecule has 0 aliphatic heterocycles. The molecule has 7 aromatic heterocycles. The van der Waals surface area contributed by atoms with Crippen LogP contribution in [0.4, 0.5) is 0 Å². The predicted octanol–water partition coefficient (Wildman–Crippen LogP) is 26.2. The Morgan fingerprint density at radius 2 is 0.395 bits per heavy atom. The Labute approximate surface area is 656 Å². The molecular weight excluding hydrogens is 1390 g/mol. The van der Waals surface area contributed by atoms with Crippen molar-refractivity contribution in [2.24, 2.45) is 0 Å². The number of pyridine rings is 4. The average Bonchev–Trinajstić information content (AvgIpc) is 0.770. The van der Waals surface area contributed by atoms with Crippen LogP contribution >= 0.6 is 0 Å². The van der Waals surface area contributed by atoms with Gasteiger partial charge in [0.25, 0.3) is 0 Å². The SMILES string of the molecule is c1cc2ccc3cc2c(c1)n(-c1ccncc1)c1ccc2cccc(c2c1)n3-c1ccncc1.c1ccc(-c2cccc(-n3c4ccc5cccc(c5c4)n(-c4cccc(-c5ccccc5)c4)c4ccc5cccc3c5c4)c2)cc1.c1cncc(-n2c3ccc4cccc(c4c3)n(-c3cccnc3)c3ccc4cccc2c4c3)c1. The third-order valence-corrected chi connectivity index (χ3v) is 22.1. The summed E-state index contributed by atoms with van der Waals surface area (Å²) in [5.74, 6) is 0. The first-order valence-corrected chi connectivity index (χ1v) is 38.4. The molecule has 23 rings (SSSR count). The van der Waals surface area contributed by atoms with Crippen LogP contribution in [0.3, 0.4) is 0 Å². The second kappa shape index (κ2) is 28.5. The molecule has 0 radical (unpaired) electrons. The van der Waals surface area contributed by atoms with E-state index in [2.05, 4.69) is 411 Å². The lowest BCUT2D eigenvalue weighted by Crippen LogP contribution is -2.02. The van der Waals surface area contributed by atoms with E-state index in [0.29, 0.717) is 0 Å². The molecule has 114 heavy (non-hydrogen) atoms. The number of hydrogen-bond donors (Lipinski definition) is 0. The first kappa shape index (κ1) is 66.7. The summed E-state index contributed by atoms with van der Waals surface area (Å²) < 4.78 is 14.1. The molecule has 0 aliphatic rings. The van der Waals surface area contributed by atoms with Crippen LogP contribution in [0.5, 0.6) is 0 Å². The van der Waals surface area contributed by atoms with E-state index >= 15 is 0 Å². The molecule has 0 amide bonds. The van der Waals surface area contributed by atoms with Crippen LogP contribution in [-0.2, 0) is 0 Å². The van der Waals surface area contributed by atoms with Crippen molar-refractivity contribution in [3.63, 3.8) is 0 Å². The third kappa shape index (κ3) is 12.0. The summed E-state index contributed by atoms with van der Waals surface area (Å²) in [4.78, 5) is 17.4. The van der Waals surface area contributed by atoms with Crippen LogP contribution < -0.4 is 0 Å². The quantitative estimate of drug-likeness (QED) is 0.152. The van der Waals surface area contributed by atoms with E-state index in [1.165, 1.54) is 86.9 Å². The van der Waals surface area contributed by atoms with Crippen molar-refractivity contribution >= 4 is 131 Å². The van der Waals surface area contributed by atoms with Crippen LogP contribution in [0.1, 0.15) is 0 Å². The van der Waals surface area contributed by atoms with Crippen molar-refractivity contribution in [1.29, 1.82) is 0 Å². The van der Waals surface area contributed by atoms with E-state index in [9.17, 15) is 0 Å². The average molecular weight is 1460 g/mol. The van der Waals surface area contributed by atoms with E-state index in [1.54, 1.807) is 0 Å². The Bertz CT molecular complexity index is 6970. The first-order valence-electron chi connectivity index (χ1n) is 38.4. The van der Waals surface area contributed by atoms with Crippen molar-refractivity contribution in [3.05, 3.63) is 426 Å². The zero-order chi connectivity index (χ0) is 75.4. The highest BCUT2D eigenvalue weighted by Crippen LogP contribution is 2.38. The second-order valence-electron chi connectivity index (χ2n) is 28.8. The highest BCUT2D eigenvalue weighted by Gasteiger charge is 2.17. The topological polar surface area (TPSA) is 81.1 Å². The summed E-state index contributed by atoms with van der Waals surface area (Å²) in [6, 6.07) is 135. The second-order valence-corrected chi connectivity index (χ2v) is 28.8. The van der Waals surface area contributed by atoms with Gasteiger partial charge >= 0.3 is 0 Å². The summed E-state index contributed by atoms with van der Waals surface area (Å²) in [6.45, 7) is 0. The summed E-state index contributed by atoms with van der Waals surface area (Å²) in [6.07, 6.45) is 14.9. The number of fused-ring (bicyclic) bond motifs is 6. The minimum absolute atomic E-state index is 1.03. The molecule has 0 N–H and O–H groups in total. The van der Waals surface area contributed by atoms with Crippen molar-refractivity contribution in [1.82, 2.24) is 47.3 Å². The van der Waals surface area contributed by atoms with E-state index < -0.39 is 0 Å². The highest BCUT2D eigenvalue weighted by atomic mass is 15.0. The van der Waals surface area contributed by atoms with Crippen molar-refractivity contribution in [2.45, 2.75) is 0 Å². The highest BCUT2D eigenvalue weighted by molar-refractivity contribution is 6.08. The summed E-state index contributed by atoms with van der Waals surface area (Å²) in [5.41, 5.74) is 24.8. The molecule has 536 valence electrons. The Balaban J connectivity index is 0.000000109. The van der Waals surface area contributed by atoms with Gasteiger partial charge in [0.15, 0.2) is 0 Å². The van der Waals surface area contributed by atoms with Gasteiger partial charge in [-0.15, -0.1) is 0 Å². The molecule has 0 saturated carbocycles. The van der Waals surface area contributed by atoms with Gasteiger partial charge in [0, 0.05) is 125 Å². The van der Waals surface area contributed by atoms with Crippen LogP contribution in [0.2, 0.25) is 0 Å². The van der Waals surface area contributed by atoms with Crippen molar-refractivity contribution in [2.75, 3.05) is 0 Å². The Morgan fingerprint density at radius 1 is 0.149 bits per heavy atom. The van der Waals surface area contributed by atoms with Crippen molar-refractivity contribution < 1.29 is 0 Å². The van der Waals surface area contributed by atoms with Gasteiger partial charge in [0.2, 0.25) is 0 Å². The lowest BCUT2D eigenvalue weighted by atomic mass is 10.0. The molecule has 0 unspecified atom stereocenters.